The number of nitrogens with two attached hydrogens (primary N) is 1. The summed E-state index contributed by atoms with van der Waals surface area (Å²) in [6.45, 7) is 1.99. The van der Waals surface area contributed by atoms with Crippen LogP contribution in [0.5, 0.6) is 0 Å². The lowest BCUT2D eigenvalue weighted by atomic mass is 10.1. The Kier molecular flexibility index (Phi) is 4.65. The van der Waals surface area contributed by atoms with Gasteiger partial charge < -0.3 is 0 Å². The highest BCUT2D eigenvalue weighted by Gasteiger charge is 2.15. The number of hydrazine groups is 1. The van der Waals surface area contributed by atoms with Crippen LogP contribution in [0.25, 0.3) is 0 Å². The molecule has 4 nitrogen and oxygen atoms in total. The Morgan fingerprint density at radius 3 is 2.68 bits per heavy atom. The van der Waals surface area contributed by atoms with E-state index in [4.69, 9.17) is 5.84 Å². The van der Waals surface area contributed by atoms with Crippen LogP contribution >= 0.6 is 11.3 Å². The highest BCUT2D eigenvalue weighted by molar-refractivity contribution is 7.13. The number of amides is 1. The molecule has 0 bridgehead atoms. The van der Waals surface area contributed by atoms with E-state index in [1.54, 1.807) is 0 Å². The molecule has 0 fully saturated rings. The second-order valence-electron chi connectivity index (χ2n) is 4.20. The highest BCUT2D eigenvalue weighted by atomic mass is 32.1. The van der Waals surface area contributed by atoms with E-state index in [2.05, 4.69) is 22.5 Å². The number of nitrogens with zero attached hydrogens (tertiary/aromatic N) is 1. The molecule has 0 saturated heterocycles. The summed E-state index contributed by atoms with van der Waals surface area (Å²) in [4.78, 5) is 16.8. The van der Waals surface area contributed by atoms with Crippen molar-refractivity contribution in [2.75, 3.05) is 0 Å². The Balaban J connectivity index is 2.09. The molecule has 1 aromatic carbocycles. The molecule has 19 heavy (non-hydrogen) atoms. The number of thiazole rings is 1. The van der Waals surface area contributed by atoms with Crippen LogP contribution in [0.15, 0.2) is 30.3 Å². The predicted octanol–water partition coefficient (Wildman–Crippen LogP) is 2.09. The van der Waals surface area contributed by atoms with Crippen molar-refractivity contribution >= 4 is 17.2 Å². The Morgan fingerprint density at radius 1 is 1.32 bits per heavy atom. The minimum absolute atomic E-state index is 0.250. The maximum atomic E-state index is 11.6. The third-order valence-corrected chi connectivity index (χ3v) is 4.04. The van der Waals surface area contributed by atoms with Crippen molar-refractivity contribution in [3.63, 3.8) is 0 Å². The maximum absolute atomic E-state index is 11.6. The summed E-state index contributed by atoms with van der Waals surface area (Å²) in [5, 5.41) is 0.985. The first kappa shape index (κ1) is 13.7. The summed E-state index contributed by atoms with van der Waals surface area (Å²) in [7, 11) is 0. The van der Waals surface area contributed by atoms with Crippen LogP contribution in [0, 0.1) is 0 Å². The van der Waals surface area contributed by atoms with Gasteiger partial charge in [-0.15, -0.1) is 11.3 Å². The summed E-state index contributed by atoms with van der Waals surface area (Å²) in [5.41, 5.74) is 4.28. The molecule has 2 aromatic rings. The molecule has 3 N–H and O–H groups in total. The van der Waals surface area contributed by atoms with Gasteiger partial charge in [0, 0.05) is 6.42 Å². The largest absolute Gasteiger partial charge is 0.289 e. The zero-order valence-electron chi connectivity index (χ0n) is 10.8. The van der Waals surface area contributed by atoms with Gasteiger partial charge in [-0.25, -0.2) is 10.8 Å². The van der Waals surface area contributed by atoms with Crippen LogP contribution in [0.2, 0.25) is 0 Å². The van der Waals surface area contributed by atoms with Crippen LogP contribution in [0.4, 0.5) is 0 Å². The monoisotopic (exact) mass is 275 g/mol. The van der Waals surface area contributed by atoms with Crippen molar-refractivity contribution in [1.82, 2.24) is 10.4 Å². The number of aromatic nitrogens is 1. The second kappa shape index (κ2) is 6.45. The van der Waals surface area contributed by atoms with Gasteiger partial charge in [0.1, 0.15) is 4.88 Å². The van der Waals surface area contributed by atoms with E-state index < -0.39 is 0 Å². The number of nitrogens with one attached hydrogen (secondary N) is 1. The summed E-state index contributed by atoms with van der Waals surface area (Å²) in [5.74, 6) is 4.93. The standard InChI is InChI=1S/C14H17N3OS/c1-2-11-13(14(18)17-15)19-12(16-11)9-8-10-6-4-3-5-7-10/h3-7H,2,8-9,15H2,1H3,(H,17,18). The first-order valence-corrected chi connectivity index (χ1v) is 7.09. The van der Waals surface area contributed by atoms with Crippen LogP contribution < -0.4 is 11.3 Å². The van der Waals surface area contributed by atoms with Gasteiger partial charge in [-0.1, -0.05) is 37.3 Å². The summed E-state index contributed by atoms with van der Waals surface area (Å²) in [6, 6.07) is 10.3. The number of rotatable bonds is 5. The van der Waals surface area contributed by atoms with Gasteiger partial charge in [0.15, 0.2) is 0 Å². The molecule has 5 heteroatoms. The smallest absolute Gasteiger partial charge is 0.277 e. The minimum Gasteiger partial charge on any atom is -0.289 e. The molecule has 0 atom stereocenters. The maximum Gasteiger partial charge on any atom is 0.277 e. The number of hydrogen-bond acceptors (Lipinski definition) is 4. The first-order valence-electron chi connectivity index (χ1n) is 6.28. The second-order valence-corrected chi connectivity index (χ2v) is 5.28. The minimum atomic E-state index is -0.250. The van der Waals surface area contributed by atoms with E-state index >= 15 is 0 Å². The number of carbonyl (C=O) groups is 1. The molecule has 1 heterocycles. The zero-order valence-corrected chi connectivity index (χ0v) is 11.7. The Bertz CT molecular complexity index is 551. The van der Waals surface area contributed by atoms with E-state index in [1.807, 2.05) is 25.1 Å². The summed E-state index contributed by atoms with van der Waals surface area (Å²) < 4.78 is 0. The molecule has 0 saturated carbocycles. The van der Waals surface area contributed by atoms with Crippen LogP contribution in [-0.4, -0.2) is 10.9 Å². The van der Waals surface area contributed by atoms with Crippen LogP contribution in [0.1, 0.15) is 32.9 Å². The van der Waals surface area contributed by atoms with E-state index in [0.29, 0.717) is 4.88 Å². The quantitative estimate of drug-likeness (QED) is 0.499. The fraction of sp³-hybridized carbons (Fsp3) is 0.286. The molecule has 0 aliphatic rings. The summed E-state index contributed by atoms with van der Waals surface area (Å²) >= 11 is 1.43. The molecular formula is C14H17N3OS. The molecule has 2 rings (SSSR count). The Morgan fingerprint density at radius 2 is 2.05 bits per heavy atom. The van der Waals surface area contributed by atoms with Crippen LogP contribution in [0.3, 0.4) is 0 Å². The third-order valence-electron chi connectivity index (χ3n) is 2.88. The average Bonchev–Trinajstić information content (AvgIpc) is 2.88. The van der Waals surface area contributed by atoms with Gasteiger partial charge in [-0.3, -0.25) is 10.2 Å². The van der Waals surface area contributed by atoms with E-state index in [0.717, 1.165) is 30.0 Å². The Hall–Kier alpha value is -1.72. The van der Waals surface area contributed by atoms with Gasteiger partial charge in [0.2, 0.25) is 0 Å². The molecule has 0 aliphatic heterocycles. The zero-order chi connectivity index (χ0) is 13.7. The lowest BCUT2D eigenvalue weighted by molar-refractivity contribution is 0.0956. The molecule has 0 spiro atoms. The molecule has 1 aromatic heterocycles. The van der Waals surface area contributed by atoms with Gasteiger partial charge in [0.25, 0.3) is 5.91 Å². The highest BCUT2D eigenvalue weighted by Crippen LogP contribution is 2.20. The fourth-order valence-corrected chi connectivity index (χ4v) is 2.94. The van der Waals surface area contributed by atoms with E-state index in [1.165, 1.54) is 16.9 Å². The van der Waals surface area contributed by atoms with Gasteiger partial charge >= 0.3 is 0 Å². The molecule has 0 unspecified atom stereocenters. The van der Waals surface area contributed by atoms with E-state index in [-0.39, 0.29) is 5.91 Å². The summed E-state index contributed by atoms with van der Waals surface area (Å²) in [6.07, 6.45) is 2.52. The van der Waals surface area contributed by atoms with Gasteiger partial charge in [-0.05, 0) is 18.4 Å². The lowest BCUT2D eigenvalue weighted by Crippen LogP contribution is -2.30. The number of hydrogen-bond donors (Lipinski definition) is 2. The molecule has 0 aliphatic carbocycles. The number of carbonyl (C=O) groups excluding carboxylic acids is 1. The number of nitrogen functional groups attached to an aromatic ring is 1. The predicted molar refractivity (Wildman–Crippen MR) is 77.0 cm³/mol. The Labute approximate surface area is 116 Å². The lowest BCUT2D eigenvalue weighted by Gasteiger charge is -1.97. The topological polar surface area (TPSA) is 68.0 Å². The fourth-order valence-electron chi connectivity index (χ4n) is 1.89. The number of aryl methyl sites for hydroxylation is 3. The van der Waals surface area contributed by atoms with Crippen LogP contribution in [-0.2, 0) is 19.3 Å². The SMILES string of the molecule is CCc1nc(CCc2ccccc2)sc1C(=O)NN. The third kappa shape index (κ3) is 3.39. The van der Waals surface area contributed by atoms with Crippen molar-refractivity contribution < 1.29 is 4.79 Å². The average molecular weight is 275 g/mol. The number of benzene rings is 1. The van der Waals surface area contributed by atoms with Crippen molar-refractivity contribution in [2.24, 2.45) is 5.84 Å². The molecule has 0 radical (unpaired) electrons. The van der Waals surface area contributed by atoms with Gasteiger partial charge in [-0.2, -0.15) is 0 Å². The van der Waals surface area contributed by atoms with Crippen molar-refractivity contribution in [3.8, 4) is 0 Å². The first-order chi connectivity index (χ1) is 9.24. The van der Waals surface area contributed by atoms with E-state index in [9.17, 15) is 4.79 Å². The molecular weight excluding hydrogens is 258 g/mol. The molecule has 100 valence electrons. The van der Waals surface area contributed by atoms with Crippen molar-refractivity contribution in [1.29, 1.82) is 0 Å². The normalized spacial score (nSPS) is 10.4. The van der Waals surface area contributed by atoms with Crippen molar-refractivity contribution in [2.45, 2.75) is 26.2 Å². The van der Waals surface area contributed by atoms with Gasteiger partial charge in [0.05, 0.1) is 10.7 Å². The molecule has 1 amide bonds. The van der Waals surface area contributed by atoms with Crippen molar-refractivity contribution in [3.05, 3.63) is 51.5 Å².